The van der Waals surface area contributed by atoms with E-state index in [1.807, 2.05) is 13.0 Å². The first-order valence-electron chi connectivity index (χ1n) is 11.2. The van der Waals surface area contributed by atoms with Crippen molar-refractivity contribution in [2.45, 2.75) is 76.1 Å². The number of aryl methyl sites for hydroxylation is 1. The van der Waals surface area contributed by atoms with Crippen molar-refractivity contribution in [1.29, 1.82) is 0 Å². The molecule has 0 radical (unpaired) electrons. The van der Waals surface area contributed by atoms with Crippen LogP contribution in [0.4, 0.5) is 5.69 Å². The van der Waals surface area contributed by atoms with Gasteiger partial charge in [0.1, 0.15) is 5.54 Å². The molecule has 1 saturated carbocycles. The number of benzene rings is 1. The summed E-state index contributed by atoms with van der Waals surface area (Å²) < 4.78 is 0. The van der Waals surface area contributed by atoms with Crippen LogP contribution in [-0.2, 0) is 19.9 Å². The lowest BCUT2D eigenvalue weighted by Gasteiger charge is -2.32. The number of rotatable bonds is 2. The van der Waals surface area contributed by atoms with Gasteiger partial charge in [-0.2, -0.15) is 0 Å². The molecular weight excluding hydrogens is 418 g/mol. The summed E-state index contributed by atoms with van der Waals surface area (Å²) in [6.45, 7) is 3.47. The maximum Gasteiger partial charge on any atom is 0.250 e. The van der Waals surface area contributed by atoms with Crippen molar-refractivity contribution in [2.75, 3.05) is 5.32 Å². The third-order valence-electron chi connectivity index (χ3n) is 7.60. The molecule has 3 fully saturated rings. The average Bonchev–Trinajstić information content (AvgIpc) is 3.18. The fourth-order valence-electron chi connectivity index (χ4n) is 6.24. The summed E-state index contributed by atoms with van der Waals surface area (Å²) in [5.41, 5.74) is 0.507. The predicted octanol–water partition coefficient (Wildman–Crippen LogP) is 2.47. The van der Waals surface area contributed by atoms with E-state index in [1.54, 1.807) is 13.0 Å². The van der Waals surface area contributed by atoms with Gasteiger partial charge < -0.3 is 10.4 Å². The Morgan fingerprint density at radius 3 is 2.45 bits per heavy atom. The molecule has 2 saturated heterocycles. The molecule has 1 spiro atoms. The highest BCUT2D eigenvalue weighted by atomic mass is 35.5. The Hall–Kier alpha value is -1.96. The number of amides is 3. The van der Waals surface area contributed by atoms with Gasteiger partial charge >= 0.3 is 0 Å². The zero-order valence-electron chi connectivity index (χ0n) is 17.8. The van der Waals surface area contributed by atoms with Crippen molar-refractivity contribution in [3.8, 4) is 0 Å². The average molecular weight is 446 g/mol. The van der Waals surface area contributed by atoms with Crippen molar-refractivity contribution < 1.29 is 19.5 Å². The molecule has 3 amide bonds. The van der Waals surface area contributed by atoms with Crippen LogP contribution in [0.3, 0.4) is 0 Å². The van der Waals surface area contributed by atoms with Crippen LogP contribution in [0.2, 0.25) is 5.02 Å². The molecular formula is C23H28ClN3O4. The highest BCUT2D eigenvalue weighted by Gasteiger charge is 2.71. The zero-order chi connectivity index (χ0) is 22.1. The maximum atomic E-state index is 13.8. The smallest absolute Gasteiger partial charge is 0.250 e. The van der Waals surface area contributed by atoms with E-state index in [-0.39, 0.29) is 17.9 Å². The normalized spacial score (nSPS) is 34.1. The number of nitrogens with zero attached hydrogens (tertiary/aromatic N) is 1. The second kappa shape index (κ2) is 7.29. The number of hydrogen-bond donors (Lipinski definition) is 3. The molecule has 4 aliphatic rings. The molecule has 5 rings (SSSR count). The second-order valence-corrected chi connectivity index (χ2v) is 9.94. The number of fused-ring (bicyclic) bond motifs is 4. The number of hydrogen-bond acceptors (Lipinski definition) is 5. The van der Waals surface area contributed by atoms with Gasteiger partial charge in [0.25, 0.3) is 0 Å². The van der Waals surface area contributed by atoms with Gasteiger partial charge in [0.2, 0.25) is 17.7 Å². The van der Waals surface area contributed by atoms with Gasteiger partial charge in [-0.1, -0.05) is 43.4 Å². The van der Waals surface area contributed by atoms with Gasteiger partial charge in [0.05, 0.1) is 28.6 Å². The van der Waals surface area contributed by atoms with Gasteiger partial charge in [-0.05, 0) is 38.3 Å². The van der Waals surface area contributed by atoms with Crippen molar-refractivity contribution >= 4 is 35.0 Å². The van der Waals surface area contributed by atoms with Gasteiger partial charge in [-0.25, -0.2) is 0 Å². The lowest BCUT2D eigenvalue weighted by atomic mass is 9.76. The molecule has 31 heavy (non-hydrogen) atoms. The number of anilines is 1. The Labute approximate surface area is 186 Å². The summed E-state index contributed by atoms with van der Waals surface area (Å²) in [7, 11) is 0. The minimum atomic E-state index is -1.41. The third kappa shape index (κ3) is 2.82. The number of carbonyl (C=O) groups is 3. The number of likely N-dealkylation sites (tertiary alicyclic amines) is 1. The van der Waals surface area contributed by atoms with Gasteiger partial charge in [0, 0.05) is 17.6 Å². The molecule has 0 aromatic heterocycles. The molecule has 3 N–H and O–H groups in total. The molecule has 1 aromatic carbocycles. The molecule has 8 heteroatoms. The molecule has 166 valence electrons. The van der Waals surface area contributed by atoms with Crippen molar-refractivity contribution in [3.05, 3.63) is 28.3 Å². The third-order valence-corrected chi connectivity index (χ3v) is 7.90. The zero-order valence-corrected chi connectivity index (χ0v) is 18.5. The number of aliphatic hydroxyl groups excluding tert-OH is 1. The first-order chi connectivity index (χ1) is 14.8. The standard InChI is InChI=1S/C23H28ClN3O4/c1-11-9-14-19(15(24)10-11)25-22(31)23(14)17-16(18(26-23)12(2)28)20(29)27(21(17)30)13-7-5-3-4-6-8-13/h9-10,12-13,16-18,26,28H,3-8H2,1-2H3,(H,25,31)/t12?,16-,17-,18?,23?/m0/s1. The molecule has 1 aromatic rings. The van der Waals surface area contributed by atoms with Gasteiger partial charge in [-0.15, -0.1) is 0 Å². The Morgan fingerprint density at radius 2 is 1.81 bits per heavy atom. The quantitative estimate of drug-likeness (QED) is 0.480. The molecule has 0 bridgehead atoms. The van der Waals surface area contributed by atoms with Crippen LogP contribution in [0.25, 0.3) is 0 Å². The molecule has 3 aliphatic heterocycles. The van der Waals surface area contributed by atoms with Crippen LogP contribution in [0.15, 0.2) is 12.1 Å². The van der Waals surface area contributed by atoms with E-state index >= 15 is 0 Å². The van der Waals surface area contributed by atoms with Crippen LogP contribution in [-0.4, -0.2) is 45.9 Å². The van der Waals surface area contributed by atoms with E-state index in [9.17, 15) is 19.5 Å². The van der Waals surface area contributed by atoms with E-state index < -0.39 is 35.4 Å². The number of aliphatic hydroxyl groups is 1. The van der Waals surface area contributed by atoms with Crippen LogP contribution in [0.5, 0.6) is 0 Å². The Bertz CT molecular complexity index is 972. The minimum Gasteiger partial charge on any atom is -0.392 e. The number of nitrogens with one attached hydrogen (secondary N) is 2. The largest absolute Gasteiger partial charge is 0.392 e. The fraction of sp³-hybridized carbons (Fsp3) is 0.609. The van der Waals surface area contributed by atoms with Crippen molar-refractivity contribution in [1.82, 2.24) is 10.2 Å². The fourth-order valence-corrected chi connectivity index (χ4v) is 6.56. The highest BCUT2D eigenvalue weighted by Crippen LogP contribution is 2.55. The highest BCUT2D eigenvalue weighted by molar-refractivity contribution is 6.35. The van der Waals surface area contributed by atoms with E-state index in [2.05, 4.69) is 10.6 Å². The summed E-state index contributed by atoms with van der Waals surface area (Å²) in [6.07, 6.45) is 4.87. The Morgan fingerprint density at radius 1 is 1.13 bits per heavy atom. The lowest BCUT2D eigenvalue weighted by molar-refractivity contribution is -0.146. The second-order valence-electron chi connectivity index (χ2n) is 9.54. The van der Waals surface area contributed by atoms with Crippen LogP contribution >= 0.6 is 11.6 Å². The summed E-state index contributed by atoms with van der Waals surface area (Å²) in [4.78, 5) is 42.3. The van der Waals surface area contributed by atoms with Gasteiger partial charge in [-0.3, -0.25) is 24.6 Å². The number of halogens is 1. The first kappa shape index (κ1) is 20.9. The maximum absolute atomic E-state index is 13.8. The molecule has 3 unspecified atom stereocenters. The SMILES string of the molecule is Cc1cc(Cl)c2c(c1)C1(NC(C(C)O)[C@H]3C(=O)N(C4CCCCCC4)C(=O)[C@H]31)C(=O)N2. The summed E-state index contributed by atoms with van der Waals surface area (Å²) in [5.74, 6) is -2.65. The van der Waals surface area contributed by atoms with Crippen LogP contribution < -0.4 is 10.6 Å². The van der Waals surface area contributed by atoms with Gasteiger partial charge in [0.15, 0.2) is 0 Å². The van der Waals surface area contributed by atoms with Crippen LogP contribution in [0.1, 0.15) is 56.6 Å². The monoisotopic (exact) mass is 445 g/mol. The number of imide groups is 1. The summed E-state index contributed by atoms with van der Waals surface area (Å²) in [6, 6.07) is 2.77. The topological polar surface area (TPSA) is 98.7 Å². The summed E-state index contributed by atoms with van der Waals surface area (Å²) >= 11 is 6.42. The Kier molecular flexibility index (Phi) is 4.92. The Balaban J connectivity index is 1.65. The summed E-state index contributed by atoms with van der Waals surface area (Å²) in [5, 5.41) is 17.0. The predicted molar refractivity (Wildman–Crippen MR) is 115 cm³/mol. The van der Waals surface area contributed by atoms with Crippen molar-refractivity contribution in [3.63, 3.8) is 0 Å². The molecule has 3 heterocycles. The van der Waals surface area contributed by atoms with E-state index in [0.717, 1.165) is 44.1 Å². The minimum absolute atomic E-state index is 0.134. The van der Waals surface area contributed by atoms with E-state index in [0.29, 0.717) is 16.3 Å². The van der Waals surface area contributed by atoms with Crippen LogP contribution in [0, 0.1) is 18.8 Å². The first-order valence-corrected chi connectivity index (χ1v) is 11.6. The number of carbonyl (C=O) groups excluding carboxylic acids is 3. The van der Waals surface area contributed by atoms with E-state index in [4.69, 9.17) is 11.6 Å². The van der Waals surface area contributed by atoms with E-state index in [1.165, 1.54) is 4.90 Å². The van der Waals surface area contributed by atoms with Crippen molar-refractivity contribution in [2.24, 2.45) is 11.8 Å². The molecule has 1 aliphatic carbocycles. The molecule has 5 atom stereocenters. The lowest BCUT2D eigenvalue weighted by Crippen LogP contribution is -2.55. The molecule has 7 nitrogen and oxygen atoms in total.